The van der Waals surface area contributed by atoms with Gasteiger partial charge in [0.25, 0.3) is 0 Å². The first-order valence-corrected chi connectivity index (χ1v) is 9.32. The van der Waals surface area contributed by atoms with E-state index in [2.05, 4.69) is 36.4 Å². The fraction of sp³-hybridized carbons (Fsp3) is 0.0500. The van der Waals surface area contributed by atoms with E-state index in [1.54, 1.807) is 36.5 Å². The number of halogens is 2. The number of aromatic nitrogens is 3. The van der Waals surface area contributed by atoms with E-state index in [1.165, 1.54) is 12.3 Å². The highest BCUT2D eigenvalue weighted by Crippen LogP contribution is 2.29. The molecule has 0 saturated carbocycles. The van der Waals surface area contributed by atoms with Crippen molar-refractivity contribution in [3.8, 4) is 11.5 Å². The molecule has 0 atom stereocenters. The minimum absolute atomic E-state index is 0.331. The Morgan fingerprint density at radius 2 is 2.00 bits per heavy atom. The second-order valence-corrected chi connectivity index (χ2v) is 7.07. The van der Waals surface area contributed by atoms with Gasteiger partial charge >= 0.3 is 0 Å². The number of imidazole rings is 1. The molecule has 0 amide bonds. The third-order valence-electron chi connectivity index (χ3n) is 4.21. The number of pyridine rings is 1. The van der Waals surface area contributed by atoms with Crippen molar-refractivity contribution in [2.75, 3.05) is 5.32 Å². The minimum Gasteiger partial charge on any atom is -0.457 e. The zero-order valence-corrected chi connectivity index (χ0v) is 16.8. The number of benzene rings is 2. The quantitative estimate of drug-likeness (QED) is 0.245. The van der Waals surface area contributed by atoms with Crippen molar-refractivity contribution >= 4 is 44.8 Å². The van der Waals surface area contributed by atoms with Crippen LogP contribution in [0.1, 0.15) is 5.69 Å². The van der Waals surface area contributed by atoms with E-state index in [4.69, 9.17) is 9.94 Å². The van der Waals surface area contributed by atoms with Crippen LogP contribution in [-0.4, -0.2) is 26.0 Å². The Labute approximate surface area is 173 Å². The third-order valence-corrected chi connectivity index (χ3v) is 4.70. The highest BCUT2D eigenvalue weighted by atomic mass is 79.9. The second kappa shape index (κ2) is 7.88. The van der Waals surface area contributed by atoms with Gasteiger partial charge in [0.15, 0.2) is 0 Å². The van der Waals surface area contributed by atoms with Crippen molar-refractivity contribution in [1.82, 2.24) is 14.5 Å². The van der Waals surface area contributed by atoms with E-state index in [9.17, 15) is 4.39 Å². The zero-order chi connectivity index (χ0) is 20.4. The monoisotopic (exact) mass is 455 g/mol. The number of rotatable bonds is 5. The van der Waals surface area contributed by atoms with Crippen molar-refractivity contribution < 1.29 is 14.3 Å². The smallest absolute Gasteiger partial charge is 0.208 e. The SMILES string of the molecule is Cn1c(Nc2ccc(Br)cc2F)nc2cc(Oc3ccnc(C=NO)c3)ccc21. The Bertz CT molecular complexity index is 1220. The molecule has 2 heterocycles. The third kappa shape index (κ3) is 4.04. The lowest BCUT2D eigenvalue weighted by Crippen LogP contribution is -2.00. The van der Waals surface area contributed by atoms with Crippen molar-refractivity contribution in [3.63, 3.8) is 0 Å². The number of oxime groups is 1. The molecule has 0 aliphatic heterocycles. The van der Waals surface area contributed by atoms with Crippen LogP contribution in [0.4, 0.5) is 16.0 Å². The summed E-state index contributed by atoms with van der Waals surface area (Å²) in [5.74, 6) is 1.25. The van der Waals surface area contributed by atoms with Gasteiger partial charge in [0.1, 0.15) is 17.3 Å². The topological polar surface area (TPSA) is 84.6 Å². The van der Waals surface area contributed by atoms with Gasteiger partial charge in [-0.25, -0.2) is 9.37 Å². The van der Waals surface area contributed by atoms with Crippen LogP contribution in [-0.2, 0) is 7.05 Å². The number of anilines is 2. The van der Waals surface area contributed by atoms with E-state index in [0.717, 1.165) is 5.52 Å². The summed E-state index contributed by atoms with van der Waals surface area (Å²) >= 11 is 3.25. The number of nitrogens with one attached hydrogen (secondary N) is 1. The molecule has 0 aliphatic carbocycles. The number of aryl methyl sites for hydroxylation is 1. The van der Waals surface area contributed by atoms with Gasteiger partial charge in [0.2, 0.25) is 5.95 Å². The Morgan fingerprint density at radius 1 is 1.17 bits per heavy atom. The van der Waals surface area contributed by atoms with Gasteiger partial charge in [-0.1, -0.05) is 21.1 Å². The molecular weight excluding hydrogens is 441 g/mol. The maximum Gasteiger partial charge on any atom is 0.208 e. The normalized spacial score (nSPS) is 11.3. The molecule has 4 aromatic rings. The molecule has 29 heavy (non-hydrogen) atoms. The molecule has 0 radical (unpaired) electrons. The fourth-order valence-electron chi connectivity index (χ4n) is 2.82. The van der Waals surface area contributed by atoms with Crippen LogP contribution in [0.5, 0.6) is 11.5 Å². The van der Waals surface area contributed by atoms with Crippen molar-refractivity contribution in [3.05, 3.63) is 70.7 Å². The predicted octanol–water partition coefficient (Wildman–Crippen LogP) is 5.21. The van der Waals surface area contributed by atoms with Gasteiger partial charge < -0.3 is 19.8 Å². The summed E-state index contributed by atoms with van der Waals surface area (Å²) in [7, 11) is 1.85. The largest absolute Gasteiger partial charge is 0.457 e. The van der Waals surface area contributed by atoms with Gasteiger partial charge in [-0.2, -0.15) is 0 Å². The van der Waals surface area contributed by atoms with Crippen LogP contribution in [0.3, 0.4) is 0 Å². The molecule has 0 bridgehead atoms. The lowest BCUT2D eigenvalue weighted by molar-refractivity contribution is 0.321. The lowest BCUT2D eigenvalue weighted by Gasteiger charge is -2.07. The van der Waals surface area contributed by atoms with Gasteiger partial charge in [0, 0.05) is 29.8 Å². The Morgan fingerprint density at radius 3 is 2.79 bits per heavy atom. The number of hydrogen-bond acceptors (Lipinski definition) is 6. The Kier molecular flexibility index (Phi) is 5.13. The van der Waals surface area contributed by atoms with E-state index in [1.807, 2.05) is 23.7 Å². The molecule has 4 rings (SSSR count). The maximum absolute atomic E-state index is 14.1. The summed E-state index contributed by atoms with van der Waals surface area (Å²) in [4.78, 5) is 8.59. The maximum atomic E-state index is 14.1. The number of nitrogens with zero attached hydrogens (tertiary/aromatic N) is 4. The molecule has 0 unspecified atom stereocenters. The molecular formula is C20H15BrFN5O2. The molecule has 0 fully saturated rings. The Hall–Kier alpha value is -3.46. The Balaban J connectivity index is 1.62. The van der Waals surface area contributed by atoms with Gasteiger partial charge in [-0.3, -0.25) is 4.98 Å². The zero-order valence-electron chi connectivity index (χ0n) is 15.2. The van der Waals surface area contributed by atoms with Crippen molar-refractivity contribution in [2.24, 2.45) is 12.2 Å². The molecule has 0 aliphatic rings. The lowest BCUT2D eigenvalue weighted by atomic mass is 10.3. The summed E-state index contributed by atoms with van der Waals surface area (Å²) in [5.41, 5.74) is 2.35. The van der Waals surface area contributed by atoms with E-state index < -0.39 is 0 Å². The van der Waals surface area contributed by atoms with E-state index in [0.29, 0.717) is 38.8 Å². The number of ether oxygens (including phenoxy) is 1. The van der Waals surface area contributed by atoms with Gasteiger partial charge in [-0.05, 0) is 36.4 Å². The van der Waals surface area contributed by atoms with Crippen LogP contribution in [0, 0.1) is 5.82 Å². The summed E-state index contributed by atoms with van der Waals surface area (Å²) < 4.78 is 22.5. The van der Waals surface area contributed by atoms with Crippen molar-refractivity contribution in [2.45, 2.75) is 0 Å². The van der Waals surface area contributed by atoms with Crippen LogP contribution in [0.25, 0.3) is 11.0 Å². The minimum atomic E-state index is -0.379. The van der Waals surface area contributed by atoms with Crippen LogP contribution in [0.2, 0.25) is 0 Å². The standard InChI is InChI=1S/C20H15BrFN5O2/c1-27-19-5-3-14(29-15-6-7-23-13(9-15)11-24-28)10-18(19)26-20(27)25-17-4-2-12(21)8-16(17)22/h2-11,28H,1H3,(H,25,26). The molecule has 146 valence electrons. The number of fused-ring (bicyclic) bond motifs is 1. The van der Waals surface area contributed by atoms with Crippen LogP contribution < -0.4 is 10.1 Å². The summed E-state index contributed by atoms with van der Waals surface area (Å²) in [6, 6.07) is 13.6. The molecule has 2 N–H and O–H groups in total. The first-order valence-electron chi connectivity index (χ1n) is 8.53. The summed E-state index contributed by atoms with van der Waals surface area (Å²) in [6.45, 7) is 0. The first kappa shape index (κ1) is 18.9. The molecule has 2 aromatic heterocycles. The molecule has 7 nitrogen and oxygen atoms in total. The predicted molar refractivity (Wildman–Crippen MR) is 112 cm³/mol. The molecule has 9 heteroatoms. The van der Waals surface area contributed by atoms with Gasteiger partial charge in [0.05, 0.1) is 28.6 Å². The first-order chi connectivity index (χ1) is 14.0. The molecule has 0 saturated heterocycles. The average molecular weight is 456 g/mol. The van der Waals surface area contributed by atoms with Crippen LogP contribution in [0.15, 0.2) is 64.4 Å². The molecule has 0 spiro atoms. The van der Waals surface area contributed by atoms with Crippen molar-refractivity contribution in [1.29, 1.82) is 0 Å². The highest BCUT2D eigenvalue weighted by Gasteiger charge is 2.12. The van der Waals surface area contributed by atoms with Gasteiger partial charge in [-0.15, -0.1) is 0 Å². The second-order valence-electron chi connectivity index (χ2n) is 6.16. The van der Waals surface area contributed by atoms with Crippen LogP contribution >= 0.6 is 15.9 Å². The highest BCUT2D eigenvalue weighted by molar-refractivity contribution is 9.10. The number of hydrogen-bond donors (Lipinski definition) is 2. The summed E-state index contributed by atoms with van der Waals surface area (Å²) in [5, 5.41) is 14.6. The summed E-state index contributed by atoms with van der Waals surface area (Å²) in [6.07, 6.45) is 2.77. The molecule has 2 aromatic carbocycles. The fourth-order valence-corrected chi connectivity index (χ4v) is 3.16. The van der Waals surface area contributed by atoms with E-state index >= 15 is 0 Å². The average Bonchev–Trinajstić information content (AvgIpc) is 2.99. The van der Waals surface area contributed by atoms with E-state index in [-0.39, 0.29) is 5.82 Å².